The Kier molecular flexibility index (Phi) is 7.32. The molecule has 144 valence electrons. The Hall–Kier alpha value is -1.59. The molecule has 2 saturated heterocycles. The monoisotopic (exact) mass is 359 g/mol. The molecule has 3 rings (SSSR count). The number of aliphatic hydroxyl groups is 1. The quantitative estimate of drug-likeness (QED) is 0.820. The van der Waals surface area contributed by atoms with Gasteiger partial charge in [0.15, 0.2) is 0 Å². The number of benzene rings is 1. The number of rotatable bonds is 6. The highest BCUT2D eigenvalue weighted by Gasteiger charge is 2.23. The average Bonchev–Trinajstić information content (AvgIpc) is 2.70. The van der Waals surface area contributed by atoms with Crippen LogP contribution in [0.4, 0.5) is 4.79 Å². The number of nitrogens with zero attached hydrogens (tertiary/aromatic N) is 2. The van der Waals surface area contributed by atoms with E-state index in [1.165, 1.54) is 5.56 Å². The van der Waals surface area contributed by atoms with Crippen molar-refractivity contribution in [2.24, 2.45) is 11.8 Å². The van der Waals surface area contributed by atoms with Crippen molar-refractivity contribution in [1.29, 1.82) is 0 Å². The van der Waals surface area contributed by atoms with Crippen molar-refractivity contribution < 1.29 is 9.90 Å². The second kappa shape index (κ2) is 9.93. The maximum atomic E-state index is 12.4. The van der Waals surface area contributed by atoms with Crippen molar-refractivity contribution in [3.05, 3.63) is 35.9 Å². The molecule has 0 spiro atoms. The van der Waals surface area contributed by atoms with Gasteiger partial charge in [-0.1, -0.05) is 30.3 Å². The summed E-state index contributed by atoms with van der Waals surface area (Å²) in [5, 5.41) is 12.3. The molecule has 1 aromatic rings. The van der Waals surface area contributed by atoms with Crippen molar-refractivity contribution >= 4 is 6.03 Å². The standard InChI is InChI=1S/C21H33N3O2/c25-17-20-6-11-23(12-7-20)15-10-22-21(26)24-13-8-19(9-14-24)16-18-4-2-1-3-5-18/h1-5,19-20,25H,6-17H2,(H,22,26). The number of piperidine rings is 2. The minimum Gasteiger partial charge on any atom is -0.396 e. The SMILES string of the molecule is O=C(NCCN1CCC(CO)CC1)N1CCC(Cc2ccccc2)CC1. The lowest BCUT2D eigenvalue weighted by Crippen LogP contribution is -2.47. The Balaban J connectivity index is 1.30. The maximum absolute atomic E-state index is 12.4. The van der Waals surface area contributed by atoms with Crippen molar-refractivity contribution in [2.75, 3.05) is 45.9 Å². The van der Waals surface area contributed by atoms with Gasteiger partial charge in [0.25, 0.3) is 0 Å². The van der Waals surface area contributed by atoms with Gasteiger partial charge in [0.1, 0.15) is 0 Å². The largest absolute Gasteiger partial charge is 0.396 e. The summed E-state index contributed by atoms with van der Waals surface area (Å²) in [4.78, 5) is 16.7. The van der Waals surface area contributed by atoms with Gasteiger partial charge in [0, 0.05) is 32.8 Å². The van der Waals surface area contributed by atoms with Gasteiger partial charge in [-0.2, -0.15) is 0 Å². The van der Waals surface area contributed by atoms with E-state index in [1.54, 1.807) is 0 Å². The number of carbonyl (C=O) groups excluding carboxylic acids is 1. The molecule has 0 unspecified atom stereocenters. The van der Waals surface area contributed by atoms with Crippen LogP contribution in [-0.2, 0) is 6.42 Å². The fourth-order valence-corrected chi connectivity index (χ4v) is 4.11. The highest BCUT2D eigenvalue weighted by molar-refractivity contribution is 5.74. The van der Waals surface area contributed by atoms with E-state index in [-0.39, 0.29) is 6.03 Å². The van der Waals surface area contributed by atoms with Crippen LogP contribution < -0.4 is 5.32 Å². The molecular formula is C21H33N3O2. The van der Waals surface area contributed by atoms with E-state index in [0.717, 1.165) is 64.8 Å². The van der Waals surface area contributed by atoms with Gasteiger partial charge in [0.05, 0.1) is 0 Å². The van der Waals surface area contributed by atoms with Crippen LogP contribution in [0, 0.1) is 11.8 Å². The number of likely N-dealkylation sites (tertiary alicyclic amines) is 2. The van der Waals surface area contributed by atoms with Crippen molar-refractivity contribution in [1.82, 2.24) is 15.1 Å². The molecule has 2 aliphatic heterocycles. The lowest BCUT2D eigenvalue weighted by atomic mass is 9.90. The molecular weight excluding hydrogens is 326 g/mol. The molecule has 0 saturated carbocycles. The van der Waals surface area contributed by atoms with Crippen molar-refractivity contribution in [3.63, 3.8) is 0 Å². The van der Waals surface area contributed by atoms with Crippen LogP contribution >= 0.6 is 0 Å². The topological polar surface area (TPSA) is 55.8 Å². The molecule has 2 fully saturated rings. The highest BCUT2D eigenvalue weighted by atomic mass is 16.3. The molecule has 0 atom stereocenters. The van der Waals surface area contributed by atoms with Crippen LogP contribution in [0.2, 0.25) is 0 Å². The van der Waals surface area contributed by atoms with Gasteiger partial charge in [0.2, 0.25) is 0 Å². The smallest absolute Gasteiger partial charge is 0.317 e. The van der Waals surface area contributed by atoms with Crippen LogP contribution in [0.25, 0.3) is 0 Å². The number of amides is 2. The lowest BCUT2D eigenvalue weighted by molar-refractivity contribution is 0.130. The van der Waals surface area contributed by atoms with E-state index in [2.05, 4.69) is 40.5 Å². The predicted molar refractivity (Wildman–Crippen MR) is 104 cm³/mol. The van der Waals surface area contributed by atoms with Gasteiger partial charge >= 0.3 is 6.03 Å². The van der Waals surface area contributed by atoms with E-state index in [9.17, 15) is 9.90 Å². The zero-order chi connectivity index (χ0) is 18.2. The molecule has 0 aliphatic carbocycles. The fraction of sp³-hybridized carbons (Fsp3) is 0.667. The first-order chi connectivity index (χ1) is 12.7. The van der Waals surface area contributed by atoms with Gasteiger partial charge in [-0.25, -0.2) is 4.79 Å². The summed E-state index contributed by atoms with van der Waals surface area (Å²) in [7, 11) is 0. The summed E-state index contributed by atoms with van der Waals surface area (Å²) in [6.07, 6.45) is 5.45. The van der Waals surface area contributed by atoms with E-state index >= 15 is 0 Å². The third-order valence-electron chi connectivity index (χ3n) is 5.94. The third kappa shape index (κ3) is 5.71. The summed E-state index contributed by atoms with van der Waals surface area (Å²) in [5.41, 5.74) is 1.40. The minimum absolute atomic E-state index is 0.0911. The molecule has 2 N–H and O–H groups in total. The van der Waals surface area contributed by atoms with Crippen LogP contribution in [0.5, 0.6) is 0 Å². The van der Waals surface area contributed by atoms with Gasteiger partial charge < -0.3 is 20.2 Å². The molecule has 5 nitrogen and oxygen atoms in total. The summed E-state index contributed by atoms with van der Waals surface area (Å²) in [5.74, 6) is 1.16. The lowest BCUT2D eigenvalue weighted by Gasteiger charge is -2.33. The number of nitrogens with one attached hydrogen (secondary N) is 1. The molecule has 2 heterocycles. The highest BCUT2D eigenvalue weighted by Crippen LogP contribution is 2.21. The third-order valence-corrected chi connectivity index (χ3v) is 5.94. The first-order valence-corrected chi connectivity index (χ1v) is 10.1. The van der Waals surface area contributed by atoms with E-state index < -0.39 is 0 Å². The molecule has 2 amide bonds. The van der Waals surface area contributed by atoms with E-state index in [1.807, 2.05) is 4.90 Å². The fourth-order valence-electron chi connectivity index (χ4n) is 4.11. The molecule has 1 aromatic carbocycles. The first kappa shape index (κ1) is 19.2. The second-order valence-corrected chi connectivity index (χ2v) is 7.82. The van der Waals surface area contributed by atoms with Crippen LogP contribution in [0.1, 0.15) is 31.2 Å². The first-order valence-electron chi connectivity index (χ1n) is 10.1. The second-order valence-electron chi connectivity index (χ2n) is 7.82. The normalized spacial score (nSPS) is 20.3. The molecule has 0 radical (unpaired) electrons. The predicted octanol–water partition coefficient (Wildman–Crippen LogP) is 2.36. The van der Waals surface area contributed by atoms with Crippen molar-refractivity contribution in [2.45, 2.75) is 32.1 Å². The zero-order valence-electron chi connectivity index (χ0n) is 15.8. The number of hydrogen-bond acceptors (Lipinski definition) is 3. The van der Waals surface area contributed by atoms with E-state index in [4.69, 9.17) is 0 Å². The van der Waals surface area contributed by atoms with Crippen LogP contribution in [0.3, 0.4) is 0 Å². The molecule has 0 aromatic heterocycles. The minimum atomic E-state index is 0.0911. The van der Waals surface area contributed by atoms with Crippen molar-refractivity contribution in [3.8, 4) is 0 Å². The number of aliphatic hydroxyl groups excluding tert-OH is 1. The Morgan fingerprint density at radius 2 is 1.65 bits per heavy atom. The Morgan fingerprint density at radius 1 is 1.00 bits per heavy atom. The van der Waals surface area contributed by atoms with Crippen LogP contribution in [0.15, 0.2) is 30.3 Å². The van der Waals surface area contributed by atoms with Gasteiger partial charge in [-0.3, -0.25) is 0 Å². The molecule has 0 bridgehead atoms. The summed E-state index contributed by atoms with van der Waals surface area (Å²) in [6, 6.07) is 10.7. The number of hydrogen-bond donors (Lipinski definition) is 2. The van der Waals surface area contributed by atoms with Gasteiger partial charge in [-0.05, 0) is 62.6 Å². The summed E-state index contributed by atoms with van der Waals surface area (Å²) >= 11 is 0. The number of carbonyl (C=O) groups is 1. The average molecular weight is 360 g/mol. The molecule has 5 heteroatoms. The summed E-state index contributed by atoms with van der Waals surface area (Å²) < 4.78 is 0. The Labute approximate surface area is 157 Å². The zero-order valence-corrected chi connectivity index (χ0v) is 15.8. The number of urea groups is 1. The van der Waals surface area contributed by atoms with Gasteiger partial charge in [-0.15, -0.1) is 0 Å². The van der Waals surface area contributed by atoms with E-state index in [0.29, 0.717) is 25.0 Å². The molecule has 2 aliphatic rings. The Morgan fingerprint density at radius 3 is 2.31 bits per heavy atom. The molecule has 26 heavy (non-hydrogen) atoms. The Bertz CT molecular complexity index is 535. The summed E-state index contributed by atoms with van der Waals surface area (Å²) in [6.45, 7) is 5.74. The maximum Gasteiger partial charge on any atom is 0.317 e. The van der Waals surface area contributed by atoms with Crippen LogP contribution in [-0.4, -0.2) is 66.8 Å².